The minimum absolute atomic E-state index is 0.105. The molecule has 0 bridgehead atoms. The Labute approximate surface area is 146 Å². The molecule has 2 aromatic rings. The topological polar surface area (TPSA) is 92.8 Å². The van der Waals surface area contributed by atoms with E-state index in [1.807, 2.05) is 4.72 Å². The number of nitrogens with one attached hydrogen (secondary N) is 1. The Bertz CT molecular complexity index is 890. The summed E-state index contributed by atoms with van der Waals surface area (Å²) in [4.78, 5) is 25.3. The molecule has 0 fully saturated rings. The number of para-hydroxylation sites is 1. The maximum absolute atomic E-state index is 12.4. The van der Waals surface area contributed by atoms with Crippen LogP contribution in [0, 0.1) is 0 Å². The van der Waals surface area contributed by atoms with Crippen molar-refractivity contribution in [3.63, 3.8) is 0 Å². The smallest absolute Gasteiger partial charge is 0.268 e. The molecule has 0 radical (unpaired) electrons. The first-order valence-corrected chi connectivity index (χ1v) is 8.76. The van der Waals surface area contributed by atoms with E-state index < -0.39 is 15.9 Å². The number of sulfonamides is 1. The molecule has 0 atom stereocenters. The Morgan fingerprint density at radius 3 is 2.16 bits per heavy atom. The molecular formula is C17H18N2O5S. The van der Waals surface area contributed by atoms with Crippen LogP contribution >= 0.6 is 0 Å². The highest BCUT2D eigenvalue weighted by Gasteiger charge is 2.21. The van der Waals surface area contributed by atoms with E-state index in [0.29, 0.717) is 5.56 Å². The Kier molecular flexibility index (Phi) is 5.43. The van der Waals surface area contributed by atoms with Crippen LogP contribution in [0.15, 0.2) is 53.4 Å². The van der Waals surface area contributed by atoms with Crippen molar-refractivity contribution in [3.05, 3.63) is 59.7 Å². The van der Waals surface area contributed by atoms with Crippen LogP contribution in [0.25, 0.3) is 0 Å². The second-order valence-corrected chi connectivity index (χ2v) is 7.04. The monoisotopic (exact) mass is 362 g/mol. The summed E-state index contributed by atoms with van der Waals surface area (Å²) in [7, 11) is 0.510. The zero-order valence-electron chi connectivity index (χ0n) is 14.0. The second kappa shape index (κ2) is 7.35. The molecule has 7 nitrogen and oxygen atoms in total. The van der Waals surface area contributed by atoms with Crippen LogP contribution < -0.4 is 9.46 Å². The van der Waals surface area contributed by atoms with Crippen LogP contribution in [0.3, 0.4) is 0 Å². The molecule has 0 heterocycles. The van der Waals surface area contributed by atoms with E-state index in [4.69, 9.17) is 4.74 Å². The largest absolute Gasteiger partial charge is 0.496 e. The fourth-order valence-corrected chi connectivity index (χ4v) is 3.07. The maximum atomic E-state index is 12.4. The molecule has 1 N–H and O–H groups in total. The van der Waals surface area contributed by atoms with Crippen LogP contribution in [0.4, 0.5) is 0 Å². The van der Waals surface area contributed by atoms with Gasteiger partial charge in [0.2, 0.25) is 0 Å². The van der Waals surface area contributed by atoms with E-state index in [0.717, 1.165) is 0 Å². The molecule has 2 rings (SSSR count). The number of nitrogens with zero attached hydrogens (tertiary/aromatic N) is 1. The van der Waals surface area contributed by atoms with Gasteiger partial charge in [-0.3, -0.25) is 9.59 Å². The lowest BCUT2D eigenvalue weighted by Crippen LogP contribution is -2.31. The number of amides is 2. The molecule has 0 unspecified atom stereocenters. The van der Waals surface area contributed by atoms with Gasteiger partial charge >= 0.3 is 0 Å². The maximum Gasteiger partial charge on any atom is 0.268 e. The quantitative estimate of drug-likeness (QED) is 0.870. The van der Waals surface area contributed by atoms with Gasteiger partial charge in [0, 0.05) is 19.7 Å². The van der Waals surface area contributed by atoms with E-state index in [1.165, 1.54) is 42.3 Å². The van der Waals surface area contributed by atoms with Crippen molar-refractivity contribution in [2.24, 2.45) is 0 Å². The normalized spacial score (nSPS) is 10.8. The van der Waals surface area contributed by atoms with E-state index >= 15 is 0 Å². The van der Waals surface area contributed by atoms with Crippen molar-refractivity contribution in [2.45, 2.75) is 4.90 Å². The standard InChI is InChI=1S/C17H18N2O5S/c1-19(2)17(21)12-8-10-13(11-9-12)25(22,23)18-16(20)14-6-4-5-7-15(14)24-3/h4-11H,1-3H3,(H,18,20). The van der Waals surface area contributed by atoms with Gasteiger partial charge in [0.1, 0.15) is 5.75 Å². The van der Waals surface area contributed by atoms with Gasteiger partial charge in [0.25, 0.3) is 21.8 Å². The second-order valence-electron chi connectivity index (χ2n) is 5.36. The Morgan fingerprint density at radius 2 is 1.60 bits per heavy atom. The number of hydrogen-bond donors (Lipinski definition) is 1. The summed E-state index contributed by atoms with van der Waals surface area (Å²) in [5, 5.41) is 0. The molecular weight excluding hydrogens is 344 g/mol. The summed E-state index contributed by atoms with van der Waals surface area (Å²) >= 11 is 0. The molecule has 0 aliphatic heterocycles. The number of benzene rings is 2. The third kappa shape index (κ3) is 4.16. The average molecular weight is 362 g/mol. The van der Waals surface area contributed by atoms with Crippen molar-refractivity contribution >= 4 is 21.8 Å². The molecule has 25 heavy (non-hydrogen) atoms. The van der Waals surface area contributed by atoms with E-state index in [1.54, 1.807) is 32.3 Å². The minimum Gasteiger partial charge on any atom is -0.496 e. The molecule has 0 aromatic heterocycles. The SMILES string of the molecule is COc1ccccc1C(=O)NS(=O)(=O)c1ccc(C(=O)N(C)C)cc1. The first kappa shape index (κ1) is 18.5. The fraction of sp³-hybridized carbons (Fsp3) is 0.176. The van der Waals surface area contributed by atoms with Crippen LogP contribution in [-0.4, -0.2) is 46.3 Å². The van der Waals surface area contributed by atoms with Crippen molar-refractivity contribution in [1.82, 2.24) is 9.62 Å². The number of rotatable bonds is 5. The summed E-state index contributed by atoms with van der Waals surface area (Å²) in [5.41, 5.74) is 0.452. The number of carbonyl (C=O) groups excluding carboxylic acids is 2. The van der Waals surface area contributed by atoms with E-state index in [2.05, 4.69) is 0 Å². The highest BCUT2D eigenvalue weighted by molar-refractivity contribution is 7.90. The summed E-state index contributed by atoms with van der Waals surface area (Å²) in [5.74, 6) is -0.782. The van der Waals surface area contributed by atoms with Crippen LogP contribution in [0.2, 0.25) is 0 Å². The predicted octanol–water partition coefficient (Wildman–Crippen LogP) is 1.52. The zero-order chi connectivity index (χ0) is 18.6. The van der Waals surface area contributed by atoms with E-state index in [9.17, 15) is 18.0 Å². The molecule has 8 heteroatoms. The van der Waals surface area contributed by atoms with Crippen molar-refractivity contribution in [3.8, 4) is 5.75 Å². The van der Waals surface area contributed by atoms with Gasteiger partial charge in [-0.2, -0.15) is 0 Å². The molecule has 0 aliphatic carbocycles. The fourth-order valence-electron chi connectivity index (χ4n) is 2.10. The predicted molar refractivity (Wildman–Crippen MR) is 92.1 cm³/mol. The summed E-state index contributed by atoms with van der Waals surface area (Å²) < 4.78 is 31.8. The van der Waals surface area contributed by atoms with Gasteiger partial charge in [0.15, 0.2) is 0 Å². The lowest BCUT2D eigenvalue weighted by molar-refractivity contribution is 0.0827. The highest BCUT2D eigenvalue weighted by atomic mass is 32.2. The Hall–Kier alpha value is -2.87. The van der Waals surface area contributed by atoms with Crippen molar-refractivity contribution in [2.75, 3.05) is 21.2 Å². The molecule has 0 aliphatic rings. The van der Waals surface area contributed by atoms with Crippen LogP contribution in [0.5, 0.6) is 5.75 Å². The van der Waals surface area contributed by atoms with Crippen LogP contribution in [0.1, 0.15) is 20.7 Å². The number of methoxy groups -OCH3 is 1. The molecule has 0 spiro atoms. The van der Waals surface area contributed by atoms with Gasteiger partial charge in [-0.05, 0) is 36.4 Å². The third-order valence-corrected chi connectivity index (χ3v) is 4.74. The highest BCUT2D eigenvalue weighted by Crippen LogP contribution is 2.18. The molecule has 2 aromatic carbocycles. The number of hydrogen-bond acceptors (Lipinski definition) is 5. The van der Waals surface area contributed by atoms with Gasteiger partial charge in [-0.1, -0.05) is 12.1 Å². The average Bonchev–Trinajstić information content (AvgIpc) is 2.60. The third-order valence-electron chi connectivity index (χ3n) is 3.40. The van der Waals surface area contributed by atoms with Crippen molar-refractivity contribution < 1.29 is 22.7 Å². The first-order chi connectivity index (χ1) is 11.8. The Balaban J connectivity index is 2.24. The van der Waals surface area contributed by atoms with Gasteiger partial charge in [-0.15, -0.1) is 0 Å². The summed E-state index contributed by atoms with van der Waals surface area (Å²) in [6.07, 6.45) is 0. The number of ether oxygens (including phenoxy) is 1. The zero-order valence-corrected chi connectivity index (χ0v) is 14.8. The van der Waals surface area contributed by atoms with Gasteiger partial charge in [0.05, 0.1) is 17.6 Å². The minimum atomic E-state index is -4.08. The first-order valence-electron chi connectivity index (χ1n) is 7.28. The summed E-state index contributed by atoms with van der Waals surface area (Å²) in [6.45, 7) is 0. The van der Waals surface area contributed by atoms with E-state index in [-0.39, 0.29) is 22.1 Å². The lowest BCUT2D eigenvalue weighted by atomic mass is 10.2. The van der Waals surface area contributed by atoms with Gasteiger partial charge < -0.3 is 9.64 Å². The number of carbonyl (C=O) groups is 2. The summed E-state index contributed by atoms with van der Waals surface area (Å²) in [6, 6.07) is 11.6. The van der Waals surface area contributed by atoms with Gasteiger partial charge in [-0.25, -0.2) is 13.1 Å². The molecule has 0 saturated heterocycles. The molecule has 2 amide bonds. The lowest BCUT2D eigenvalue weighted by Gasteiger charge is -2.12. The Morgan fingerprint density at radius 1 is 1.00 bits per heavy atom. The molecule has 0 saturated carbocycles. The van der Waals surface area contributed by atoms with Crippen LogP contribution in [-0.2, 0) is 10.0 Å². The molecule has 132 valence electrons. The van der Waals surface area contributed by atoms with Crippen molar-refractivity contribution in [1.29, 1.82) is 0 Å².